The Morgan fingerprint density at radius 2 is 0.533 bits per heavy atom. The number of unbranched alkanes of at least 4 members (excludes halogenated alkanes) is 26. The Labute approximate surface area is 297 Å². The quantitative estimate of drug-likeness (QED) is 0.0446. The van der Waals surface area contributed by atoms with Crippen LogP contribution in [0.5, 0.6) is 0 Å². The van der Waals surface area contributed by atoms with Crippen molar-refractivity contribution >= 4 is 11.9 Å². The molecule has 5 heteroatoms. The molecule has 0 atom stereocenters. The number of hydrogen-bond acceptors (Lipinski definition) is 2. The van der Waals surface area contributed by atoms with Gasteiger partial charge in [0.2, 0.25) is 0 Å². The summed E-state index contributed by atoms with van der Waals surface area (Å²) in [6, 6.07) is 0. The number of hydrogen-bond donors (Lipinski definition) is 2. The van der Waals surface area contributed by atoms with E-state index in [2.05, 4.69) is 41.5 Å². The first-order valence-electron chi connectivity index (χ1n) is 19.4. The summed E-state index contributed by atoms with van der Waals surface area (Å²) in [7, 11) is 0. The summed E-state index contributed by atoms with van der Waals surface area (Å²) in [5.41, 5.74) is 0. The van der Waals surface area contributed by atoms with Crippen LogP contribution in [0.1, 0.15) is 233 Å². The van der Waals surface area contributed by atoms with E-state index >= 15 is 0 Å². The van der Waals surface area contributed by atoms with E-state index in [4.69, 9.17) is 10.2 Å². The molecule has 0 saturated heterocycles. The van der Waals surface area contributed by atoms with Crippen molar-refractivity contribution in [2.45, 2.75) is 233 Å². The van der Waals surface area contributed by atoms with Gasteiger partial charge in [0.25, 0.3) is 0 Å². The van der Waals surface area contributed by atoms with Crippen LogP contribution in [0.2, 0.25) is 0 Å². The van der Waals surface area contributed by atoms with Crippen molar-refractivity contribution in [2.24, 2.45) is 0 Å². The maximum Gasteiger partial charge on any atom is 2.00 e. The minimum Gasteiger partial charge on any atom is -0.481 e. The van der Waals surface area contributed by atoms with Gasteiger partial charge in [0.15, 0.2) is 0 Å². The molecule has 4 nitrogen and oxygen atoms in total. The van der Waals surface area contributed by atoms with Gasteiger partial charge < -0.3 is 24.1 Å². The summed E-state index contributed by atoms with van der Waals surface area (Å²) in [4.78, 5) is 20.4. The Bertz CT molecular complexity index is 443. The first kappa shape index (κ1) is 54.0. The van der Waals surface area contributed by atoms with Crippen molar-refractivity contribution in [2.75, 3.05) is 0 Å². The third-order valence-corrected chi connectivity index (χ3v) is 7.70. The summed E-state index contributed by atoms with van der Waals surface area (Å²) in [5.74, 6) is -1.32. The molecule has 0 aromatic heterocycles. The average Bonchev–Trinajstić information content (AvgIpc) is 3.01. The van der Waals surface area contributed by atoms with Crippen LogP contribution in [-0.4, -0.2) is 22.2 Å². The second-order valence-electron chi connectivity index (χ2n) is 12.5. The third-order valence-electron chi connectivity index (χ3n) is 7.70. The second kappa shape index (κ2) is 55.9. The van der Waals surface area contributed by atoms with Crippen LogP contribution in [0.3, 0.4) is 0 Å². The van der Waals surface area contributed by atoms with Gasteiger partial charge in [-0.15, -0.1) is 0 Å². The zero-order valence-corrected chi connectivity index (χ0v) is 34.4. The smallest absolute Gasteiger partial charge is 0.481 e. The van der Waals surface area contributed by atoms with E-state index < -0.39 is 11.9 Å². The van der Waals surface area contributed by atoms with Gasteiger partial charge >= 0.3 is 31.4 Å². The van der Waals surface area contributed by atoms with Crippen LogP contribution >= 0.6 is 0 Å². The van der Waals surface area contributed by atoms with Crippen molar-refractivity contribution in [1.29, 1.82) is 0 Å². The van der Waals surface area contributed by atoms with Gasteiger partial charge in [-0.25, -0.2) is 0 Å². The predicted molar refractivity (Wildman–Crippen MR) is 196 cm³/mol. The van der Waals surface area contributed by atoms with Crippen molar-refractivity contribution in [1.82, 2.24) is 0 Å². The Hall–Kier alpha value is -0.437. The molecular formula is C40H82O4Zn. The summed E-state index contributed by atoms with van der Waals surface area (Å²) in [6.45, 7) is 16.5. The Balaban J connectivity index is -0.000000162. The Morgan fingerprint density at radius 3 is 0.711 bits per heavy atom. The van der Waals surface area contributed by atoms with Crippen molar-refractivity contribution in [3.63, 3.8) is 0 Å². The van der Waals surface area contributed by atoms with Gasteiger partial charge in [0.05, 0.1) is 0 Å². The van der Waals surface area contributed by atoms with Crippen LogP contribution in [-0.2, 0) is 29.1 Å². The summed E-state index contributed by atoms with van der Waals surface area (Å²) >= 11 is 0. The van der Waals surface area contributed by atoms with E-state index in [-0.39, 0.29) is 19.5 Å². The third kappa shape index (κ3) is 75.5. The fourth-order valence-corrected chi connectivity index (χ4v) is 4.73. The second-order valence-corrected chi connectivity index (χ2v) is 12.5. The maximum absolute atomic E-state index is 10.2. The molecule has 45 heavy (non-hydrogen) atoms. The molecule has 0 aliphatic carbocycles. The molecule has 0 unspecified atom stereocenters. The molecule has 0 rings (SSSR count). The van der Waals surface area contributed by atoms with E-state index in [1.807, 2.05) is 0 Å². The molecule has 0 aliphatic heterocycles. The van der Waals surface area contributed by atoms with E-state index in [1.54, 1.807) is 0 Å². The van der Waals surface area contributed by atoms with Crippen LogP contribution in [0.4, 0.5) is 0 Å². The summed E-state index contributed by atoms with van der Waals surface area (Å²) in [6.07, 6.45) is 38.9. The standard InChI is InChI=1S/2C12H24O2.2C8H17.Zn/c2*1-2-3-4-5-6-7-8-9-10-11-12(13)14;2*1-3-5-7-8-6-4-2;/h2*2-11H2,1H3,(H,13,14);2*1,3-8H2,2H3;/q;;2*-1;+2. The molecule has 2 N–H and O–H groups in total. The zero-order chi connectivity index (χ0) is 33.8. The zero-order valence-electron chi connectivity index (χ0n) is 31.5. The van der Waals surface area contributed by atoms with Crippen LogP contribution < -0.4 is 0 Å². The fraction of sp³-hybridized carbons (Fsp3) is 0.900. The number of aliphatic carboxylic acids is 2. The minimum atomic E-state index is -0.659. The topological polar surface area (TPSA) is 74.6 Å². The fourth-order valence-electron chi connectivity index (χ4n) is 4.73. The predicted octanol–water partition coefficient (Wildman–Crippen LogP) is 14.3. The molecule has 268 valence electrons. The van der Waals surface area contributed by atoms with E-state index in [1.165, 1.54) is 154 Å². The molecule has 0 saturated carbocycles. The van der Waals surface area contributed by atoms with Crippen molar-refractivity contribution < 1.29 is 39.3 Å². The van der Waals surface area contributed by atoms with Gasteiger partial charge in [-0.2, -0.15) is 12.8 Å². The normalized spacial score (nSPS) is 9.91. The Morgan fingerprint density at radius 1 is 0.356 bits per heavy atom. The molecule has 0 aromatic rings. The minimum absolute atomic E-state index is 0. The van der Waals surface area contributed by atoms with Gasteiger partial charge in [-0.05, 0) is 12.8 Å². The van der Waals surface area contributed by atoms with Crippen LogP contribution in [0, 0.1) is 13.8 Å². The van der Waals surface area contributed by atoms with Gasteiger partial charge in [0, 0.05) is 12.8 Å². The van der Waals surface area contributed by atoms with Gasteiger partial charge in [0.1, 0.15) is 0 Å². The monoisotopic (exact) mass is 691 g/mol. The van der Waals surface area contributed by atoms with Gasteiger partial charge in [-0.1, -0.05) is 195 Å². The molecule has 0 aliphatic rings. The first-order valence-corrected chi connectivity index (χ1v) is 19.4. The van der Waals surface area contributed by atoms with Crippen LogP contribution in [0.15, 0.2) is 0 Å². The number of carboxylic acids is 2. The summed E-state index contributed by atoms with van der Waals surface area (Å²) in [5, 5.41) is 16.8. The molecule has 0 spiro atoms. The number of carbonyl (C=O) groups is 2. The largest absolute Gasteiger partial charge is 2.00 e. The molecule has 0 bridgehead atoms. The van der Waals surface area contributed by atoms with Gasteiger partial charge in [-0.3, -0.25) is 9.59 Å². The maximum atomic E-state index is 10.2. The van der Waals surface area contributed by atoms with E-state index in [9.17, 15) is 9.59 Å². The SMILES string of the molecule is CCCCCCCCCCCC(=O)O.CCCCCCCCCCCC(=O)O.[CH2-]CCCCCCC.[CH2-]CCCCCCC.[Zn+2]. The molecule has 0 radical (unpaired) electrons. The number of carboxylic acid groups (broad SMARTS) is 2. The molecule has 0 heterocycles. The first-order chi connectivity index (χ1) is 21.4. The summed E-state index contributed by atoms with van der Waals surface area (Å²) < 4.78 is 0. The van der Waals surface area contributed by atoms with Crippen LogP contribution in [0.25, 0.3) is 0 Å². The Kier molecular flexibility index (Phi) is 67.2. The van der Waals surface area contributed by atoms with E-state index in [0.717, 1.165) is 38.5 Å². The molecule has 0 aromatic carbocycles. The molecular weight excluding hydrogens is 610 g/mol. The average molecular weight is 692 g/mol. The molecule has 0 fully saturated rings. The van der Waals surface area contributed by atoms with Crippen molar-refractivity contribution in [3.05, 3.63) is 13.8 Å². The van der Waals surface area contributed by atoms with Crippen molar-refractivity contribution in [3.8, 4) is 0 Å². The number of rotatable bonds is 30. The van der Waals surface area contributed by atoms with E-state index in [0.29, 0.717) is 12.8 Å². The molecule has 0 amide bonds.